The van der Waals surface area contributed by atoms with Gasteiger partial charge in [0, 0.05) is 12.6 Å². The predicted octanol–water partition coefficient (Wildman–Crippen LogP) is 2.52. The molecule has 0 aliphatic heterocycles. The molecule has 5 heteroatoms. The maximum Gasteiger partial charge on any atom is 0.199 e. The highest BCUT2D eigenvalue weighted by Crippen LogP contribution is 2.37. The third-order valence-electron chi connectivity index (χ3n) is 2.67. The van der Waals surface area contributed by atoms with Gasteiger partial charge in [0.1, 0.15) is 6.33 Å². The first-order valence-corrected chi connectivity index (χ1v) is 5.96. The number of aromatic nitrogens is 2. The van der Waals surface area contributed by atoms with Crippen molar-refractivity contribution < 1.29 is 4.74 Å². The summed E-state index contributed by atoms with van der Waals surface area (Å²) < 4.78 is 5.28. The highest BCUT2D eigenvalue weighted by Gasteiger charge is 2.31. The Bertz CT molecular complexity index is 368. The molecule has 1 aromatic heterocycles. The molecule has 0 radical (unpaired) electrons. The van der Waals surface area contributed by atoms with Crippen molar-refractivity contribution in [2.45, 2.75) is 32.2 Å². The van der Waals surface area contributed by atoms with Gasteiger partial charge in [-0.05, 0) is 19.3 Å². The van der Waals surface area contributed by atoms with Crippen molar-refractivity contribution in [3.05, 3.63) is 11.5 Å². The second-order valence-electron chi connectivity index (χ2n) is 3.95. The average molecular weight is 242 g/mol. The van der Waals surface area contributed by atoms with Gasteiger partial charge in [-0.2, -0.15) is 0 Å². The smallest absolute Gasteiger partial charge is 0.199 e. The van der Waals surface area contributed by atoms with E-state index in [4.69, 9.17) is 16.3 Å². The lowest BCUT2D eigenvalue weighted by atomic mass is 10.3. The minimum atomic E-state index is 0.384. The van der Waals surface area contributed by atoms with Crippen molar-refractivity contribution in [1.29, 1.82) is 0 Å². The summed E-state index contributed by atoms with van der Waals surface area (Å²) in [5.74, 6) is 1.41. The molecule has 0 amide bonds. The second-order valence-corrected chi connectivity index (χ2v) is 4.30. The van der Waals surface area contributed by atoms with Gasteiger partial charge in [-0.15, -0.1) is 0 Å². The summed E-state index contributed by atoms with van der Waals surface area (Å²) in [7, 11) is 1.60. The summed E-state index contributed by atoms with van der Waals surface area (Å²) >= 11 is 6.00. The molecule has 16 heavy (non-hydrogen) atoms. The average Bonchev–Trinajstić information content (AvgIpc) is 3.09. The summed E-state index contributed by atoms with van der Waals surface area (Å²) in [5, 5.41) is 0.384. The van der Waals surface area contributed by atoms with Crippen LogP contribution >= 0.6 is 11.6 Å². The summed E-state index contributed by atoms with van der Waals surface area (Å²) in [4.78, 5) is 10.5. The monoisotopic (exact) mass is 241 g/mol. The molecule has 1 aromatic rings. The van der Waals surface area contributed by atoms with E-state index in [1.807, 2.05) is 0 Å². The zero-order valence-corrected chi connectivity index (χ0v) is 10.4. The van der Waals surface area contributed by atoms with Crippen LogP contribution in [0.5, 0.6) is 5.75 Å². The molecule has 0 bridgehead atoms. The normalized spacial score (nSPS) is 14.9. The molecule has 1 aliphatic carbocycles. The summed E-state index contributed by atoms with van der Waals surface area (Å²) in [6.07, 6.45) is 5.03. The van der Waals surface area contributed by atoms with Gasteiger partial charge in [-0.3, -0.25) is 0 Å². The van der Waals surface area contributed by atoms with Crippen molar-refractivity contribution in [3.8, 4) is 5.75 Å². The molecule has 0 saturated heterocycles. The molecule has 0 aromatic carbocycles. The van der Waals surface area contributed by atoms with Gasteiger partial charge >= 0.3 is 0 Å². The SMILES string of the molecule is CCCN(c1ncnc(Cl)c1OC)C1CC1. The largest absolute Gasteiger partial charge is 0.490 e. The van der Waals surface area contributed by atoms with E-state index in [2.05, 4.69) is 21.8 Å². The molecule has 0 unspecified atom stereocenters. The summed E-state index contributed by atoms with van der Waals surface area (Å²) in [6, 6.07) is 0.597. The van der Waals surface area contributed by atoms with Gasteiger partial charge in [-0.1, -0.05) is 18.5 Å². The maximum absolute atomic E-state index is 6.00. The van der Waals surface area contributed by atoms with Crippen molar-refractivity contribution in [2.75, 3.05) is 18.6 Å². The second kappa shape index (κ2) is 4.87. The Kier molecular flexibility index (Phi) is 3.49. The fourth-order valence-electron chi connectivity index (χ4n) is 1.81. The molecule has 88 valence electrons. The minimum Gasteiger partial charge on any atom is -0.490 e. The van der Waals surface area contributed by atoms with Crippen LogP contribution in [0, 0.1) is 0 Å². The predicted molar refractivity (Wildman–Crippen MR) is 64.3 cm³/mol. The molecule has 0 N–H and O–H groups in total. The minimum absolute atomic E-state index is 0.384. The van der Waals surface area contributed by atoms with E-state index in [-0.39, 0.29) is 0 Å². The van der Waals surface area contributed by atoms with Crippen LogP contribution in [0.3, 0.4) is 0 Å². The molecule has 2 rings (SSSR count). The number of nitrogens with zero attached hydrogens (tertiary/aromatic N) is 3. The first-order chi connectivity index (χ1) is 7.77. The van der Waals surface area contributed by atoms with Crippen LogP contribution in [0.25, 0.3) is 0 Å². The molecule has 1 aliphatic rings. The van der Waals surface area contributed by atoms with Gasteiger partial charge in [0.15, 0.2) is 16.7 Å². The Morgan fingerprint density at radius 1 is 1.50 bits per heavy atom. The van der Waals surface area contributed by atoms with Gasteiger partial charge in [0.05, 0.1) is 7.11 Å². The number of rotatable bonds is 5. The number of hydrogen-bond acceptors (Lipinski definition) is 4. The Morgan fingerprint density at radius 3 is 2.81 bits per heavy atom. The fraction of sp³-hybridized carbons (Fsp3) is 0.636. The highest BCUT2D eigenvalue weighted by atomic mass is 35.5. The lowest BCUT2D eigenvalue weighted by Gasteiger charge is -2.24. The third-order valence-corrected chi connectivity index (χ3v) is 2.94. The molecular formula is C11H16ClN3O. The first kappa shape index (κ1) is 11.5. The lowest BCUT2D eigenvalue weighted by molar-refractivity contribution is 0.410. The molecular weight excluding hydrogens is 226 g/mol. The van der Waals surface area contributed by atoms with E-state index in [9.17, 15) is 0 Å². The number of methoxy groups -OCH3 is 1. The van der Waals surface area contributed by atoms with E-state index in [1.165, 1.54) is 19.2 Å². The molecule has 1 heterocycles. The van der Waals surface area contributed by atoms with E-state index >= 15 is 0 Å². The summed E-state index contributed by atoms with van der Waals surface area (Å²) in [5.41, 5.74) is 0. The topological polar surface area (TPSA) is 38.2 Å². The van der Waals surface area contributed by atoms with Crippen molar-refractivity contribution >= 4 is 17.4 Å². The number of halogens is 1. The Balaban J connectivity index is 2.32. The van der Waals surface area contributed by atoms with Crippen LogP contribution in [0.15, 0.2) is 6.33 Å². The molecule has 4 nitrogen and oxygen atoms in total. The fourth-order valence-corrected chi connectivity index (χ4v) is 2.02. The number of hydrogen-bond donors (Lipinski definition) is 0. The van der Waals surface area contributed by atoms with E-state index in [0.29, 0.717) is 16.9 Å². The summed E-state index contributed by atoms with van der Waals surface area (Å²) in [6.45, 7) is 3.14. The van der Waals surface area contributed by atoms with Crippen LogP contribution in [0.2, 0.25) is 5.15 Å². The molecule has 1 saturated carbocycles. The quantitative estimate of drug-likeness (QED) is 0.743. The molecule has 0 spiro atoms. The third kappa shape index (κ3) is 2.21. The first-order valence-electron chi connectivity index (χ1n) is 5.59. The van der Waals surface area contributed by atoms with Gasteiger partial charge < -0.3 is 9.64 Å². The highest BCUT2D eigenvalue weighted by molar-refractivity contribution is 6.31. The Hall–Kier alpha value is -1.03. The van der Waals surface area contributed by atoms with Crippen LogP contribution in [0.4, 0.5) is 5.82 Å². The van der Waals surface area contributed by atoms with Crippen LogP contribution in [0.1, 0.15) is 26.2 Å². The van der Waals surface area contributed by atoms with Crippen molar-refractivity contribution in [1.82, 2.24) is 9.97 Å². The van der Waals surface area contributed by atoms with Gasteiger partial charge in [0.2, 0.25) is 0 Å². The van der Waals surface area contributed by atoms with Crippen molar-refractivity contribution in [2.24, 2.45) is 0 Å². The Labute approximate surface area is 101 Å². The van der Waals surface area contributed by atoms with E-state index in [1.54, 1.807) is 7.11 Å². The maximum atomic E-state index is 6.00. The zero-order chi connectivity index (χ0) is 11.5. The van der Waals surface area contributed by atoms with Gasteiger partial charge in [0.25, 0.3) is 0 Å². The van der Waals surface area contributed by atoms with Crippen LogP contribution in [-0.2, 0) is 0 Å². The van der Waals surface area contributed by atoms with Crippen LogP contribution < -0.4 is 9.64 Å². The van der Waals surface area contributed by atoms with E-state index in [0.717, 1.165) is 18.8 Å². The number of anilines is 1. The van der Waals surface area contributed by atoms with Crippen LogP contribution in [-0.4, -0.2) is 29.7 Å². The zero-order valence-electron chi connectivity index (χ0n) is 9.61. The standard InChI is InChI=1S/C11H16ClN3O/c1-3-6-15(8-4-5-8)11-9(16-2)10(12)13-7-14-11/h7-8H,3-6H2,1-2H3. The molecule has 1 fully saturated rings. The Morgan fingerprint density at radius 2 is 2.25 bits per heavy atom. The lowest BCUT2D eigenvalue weighted by Crippen LogP contribution is -2.28. The van der Waals surface area contributed by atoms with E-state index < -0.39 is 0 Å². The molecule has 0 atom stereocenters. The van der Waals surface area contributed by atoms with Crippen molar-refractivity contribution in [3.63, 3.8) is 0 Å². The number of ether oxygens (including phenoxy) is 1. The van der Waals surface area contributed by atoms with Gasteiger partial charge in [-0.25, -0.2) is 9.97 Å².